The highest BCUT2D eigenvalue weighted by atomic mass is 16.6. The first-order chi connectivity index (χ1) is 9.18. The topological polar surface area (TPSA) is 55.2 Å². The molecule has 0 aliphatic heterocycles. The molecule has 4 heteroatoms. The minimum Gasteiger partial charge on any atom is -0.310 e. The molecule has 0 amide bonds. The van der Waals surface area contributed by atoms with Gasteiger partial charge in [-0.25, -0.2) is 0 Å². The maximum atomic E-state index is 10.9. The predicted molar refractivity (Wildman–Crippen MR) is 76.0 cm³/mol. The van der Waals surface area contributed by atoms with Crippen molar-refractivity contribution in [1.82, 2.24) is 5.32 Å². The molecule has 1 saturated carbocycles. The standard InChI is InChI=1S/C15H22N2O2/c1-12(13-7-3-2-4-8-13)16-11-14-9-5-6-10-15(14)17(18)19/h5-6,9-10,12-13,16H,2-4,7-8,11H2,1H3. The molecule has 1 aromatic carbocycles. The fraction of sp³-hybridized carbons (Fsp3) is 0.600. The van der Waals surface area contributed by atoms with Crippen LogP contribution in [0.25, 0.3) is 0 Å². The molecule has 0 radical (unpaired) electrons. The van der Waals surface area contributed by atoms with Crippen molar-refractivity contribution in [2.24, 2.45) is 5.92 Å². The first kappa shape index (κ1) is 14.0. The molecule has 1 atom stereocenters. The summed E-state index contributed by atoms with van der Waals surface area (Å²) < 4.78 is 0. The van der Waals surface area contributed by atoms with Gasteiger partial charge in [0.05, 0.1) is 4.92 Å². The second kappa shape index (κ2) is 6.66. The molecule has 104 valence electrons. The summed E-state index contributed by atoms with van der Waals surface area (Å²) in [7, 11) is 0. The smallest absolute Gasteiger partial charge is 0.273 e. The Balaban J connectivity index is 1.92. The van der Waals surface area contributed by atoms with Gasteiger partial charge < -0.3 is 5.32 Å². The quantitative estimate of drug-likeness (QED) is 0.651. The molecule has 2 rings (SSSR count). The lowest BCUT2D eigenvalue weighted by Crippen LogP contribution is -2.34. The predicted octanol–water partition coefficient (Wildman–Crippen LogP) is 3.65. The van der Waals surface area contributed by atoms with Crippen molar-refractivity contribution in [3.05, 3.63) is 39.9 Å². The summed E-state index contributed by atoms with van der Waals surface area (Å²) in [6.07, 6.45) is 6.56. The number of benzene rings is 1. The molecule has 0 spiro atoms. The Morgan fingerprint density at radius 2 is 2.00 bits per heavy atom. The van der Waals surface area contributed by atoms with E-state index in [1.807, 2.05) is 12.1 Å². The van der Waals surface area contributed by atoms with Crippen LogP contribution in [0.2, 0.25) is 0 Å². The van der Waals surface area contributed by atoms with E-state index in [1.54, 1.807) is 12.1 Å². The van der Waals surface area contributed by atoms with E-state index in [1.165, 1.54) is 32.1 Å². The number of nitrogens with one attached hydrogen (secondary N) is 1. The monoisotopic (exact) mass is 262 g/mol. The first-order valence-corrected chi connectivity index (χ1v) is 7.14. The van der Waals surface area contributed by atoms with Crippen LogP contribution in [0.3, 0.4) is 0 Å². The molecule has 0 saturated heterocycles. The van der Waals surface area contributed by atoms with Gasteiger partial charge in [-0.2, -0.15) is 0 Å². The molecular weight excluding hydrogens is 240 g/mol. The van der Waals surface area contributed by atoms with Gasteiger partial charge in [0.1, 0.15) is 0 Å². The Hall–Kier alpha value is -1.42. The zero-order valence-corrected chi connectivity index (χ0v) is 11.5. The van der Waals surface area contributed by atoms with Gasteiger partial charge in [0.25, 0.3) is 5.69 Å². The number of nitro benzene ring substituents is 1. The maximum absolute atomic E-state index is 10.9. The molecule has 0 bridgehead atoms. The van der Waals surface area contributed by atoms with Crippen molar-refractivity contribution in [2.75, 3.05) is 0 Å². The molecule has 19 heavy (non-hydrogen) atoms. The molecular formula is C15H22N2O2. The zero-order valence-electron chi connectivity index (χ0n) is 11.5. The van der Waals surface area contributed by atoms with E-state index in [4.69, 9.17) is 0 Å². The van der Waals surface area contributed by atoms with Crippen molar-refractivity contribution in [2.45, 2.75) is 51.6 Å². The number of nitro groups is 1. The zero-order chi connectivity index (χ0) is 13.7. The Morgan fingerprint density at radius 1 is 1.32 bits per heavy atom. The van der Waals surface area contributed by atoms with E-state index < -0.39 is 0 Å². The summed E-state index contributed by atoms with van der Waals surface area (Å²) in [6, 6.07) is 7.41. The lowest BCUT2D eigenvalue weighted by Gasteiger charge is -2.28. The second-order valence-corrected chi connectivity index (χ2v) is 5.45. The van der Waals surface area contributed by atoms with Crippen LogP contribution in [0.15, 0.2) is 24.3 Å². The van der Waals surface area contributed by atoms with Crippen LogP contribution in [0.5, 0.6) is 0 Å². The Labute approximate surface area is 114 Å². The minimum absolute atomic E-state index is 0.214. The molecule has 4 nitrogen and oxygen atoms in total. The van der Waals surface area contributed by atoms with Gasteiger partial charge in [-0.1, -0.05) is 37.5 Å². The molecule has 0 heterocycles. The number of rotatable bonds is 5. The van der Waals surface area contributed by atoms with E-state index in [-0.39, 0.29) is 10.6 Å². The third kappa shape index (κ3) is 3.77. The Kier molecular flexibility index (Phi) is 4.91. The summed E-state index contributed by atoms with van der Waals surface area (Å²) in [5.41, 5.74) is 0.987. The first-order valence-electron chi connectivity index (χ1n) is 7.14. The van der Waals surface area contributed by atoms with Crippen molar-refractivity contribution >= 4 is 5.69 Å². The van der Waals surface area contributed by atoms with Gasteiger partial charge in [0, 0.05) is 24.2 Å². The van der Waals surface area contributed by atoms with Crippen molar-refractivity contribution in [3.8, 4) is 0 Å². The number of hydrogen-bond donors (Lipinski definition) is 1. The summed E-state index contributed by atoms with van der Waals surface area (Å²) in [6.45, 7) is 2.78. The minimum atomic E-state index is -0.303. The van der Waals surface area contributed by atoms with Crippen LogP contribution in [-0.2, 0) is 6.54 Å². The molecule has 0 aromatic heterocycles. The van der Waals surface area contributed by atoms with Gasteiger partial charge in [0.2, 0.25) is 0 Å². The third-order valence-electron chi connectivity index (χ3n) is 4.16. The summed E-state index contributed by atoms with van der Waals surface area (Å²) in [4.78, 5) is 10.6. The SMILES string of the molecule is CC(NCc1ccccc1[N+](=O)[O-])C1CCCCC1. The van der Waals surface area contributed by atoms with Crippen molar-refractivity contribution in [1.29, 1.82) is 0 Å². The number of para-hydroxylation sites is 1. The van der Waals surface area contributed by atoms with Crippen LogP contribution < -0.4 is 5.32 Å². The highest BCUT2D eigenvalue weighted by molar-refractivity contribution is 5.39. The van der Waals surface area contributed by atoms with Crippen LogP contribution in [-0.4, -0.2) is 11.0 Å². The molecule has 1 aromatic rings. The van der Waals surface area contributed by atoms with Crippen LogP contribution in [0, 0.1) is 16.0 Å². The molecule has 1 N–H and O–H groups in total. The number of nitrogens with zero attached hydrogens (tertiary/aromatic N) is 1. The second-order valence-electron chi connectivity index (χ2n) is 5.45. The fourth-order valence-electron chi connectivity index (χ4n) is 2.91. The van der Waals surface area contributed by atoms with Crippen molar-refractivity contribution in [3.63, 3.8) is 0 Å². The maximum Gasteiger partial charge on any atom is 0.273 e. The van der Waals surface area contributed by atoms with Crippen molar-refractivity contribution < 1.29 is 4.92 Å². The highest BCUT2D eigenvalue weighted by Gasteiger charge is 2.20. The summed E-state index contributed by atoms with van der Waals surface area (Å²) in [5, 5.41) is 14.4. The van der Waals surface area contributed by atoms with Gasteiger partial charge >= 0.3 is 0 Å². The van der Waals surface area contributed by atoms with E-state index >= 15 is 0 Å². The Bertz CT molecular complexity index is 428. The van der Waals surface area contributed by atoms with Gasteiger partial charge in [-0.05, 0) is 25.7 Å². The molecule has 1 aliphatic rings. The fourth-order valence-corrected chi connectivity index (χ4v) is 2.91. The Morgan fingerprint density at radius 3 is 2.68 bits per heavy atom. The van der Waals surface area contributed by atoms with Crippen LogP contribution in [0.1, 0.15) is 44.6 Å². The average molecular weight is 262 g/mol. The van der Waals surface area contributed by atoms with E-state index in [0.717, 1.165) is 11.5 Å². The molecule has 1 fully saturated rings. The summed E-state index contributed by atoms with van der Waals surface area (Å²) >= 11 is 0. The third-order valence-corrected chi connectivity index (χ3v) is 4.16. The van der Waals surface area contributed by atoms with Gasteiger partial charge in [-0.15, -0.1) is 0 Å². The van der Waals surface area contributed by atoms with Gasteiger partial charge in [-0.3, -0.25) is 10.1 Å². The van der Waals surface area contributed by atoms with Crippen LogP contribution in [0.4, 0.5) is 5.69 Å². The highest BCUT2D eigenvalue weighted by Crippen LogP contribution is 2.26. The average Bonchev–Trinajstić information content (AvgIpc) is 2.46. The molecule has 1 aliphatic carbocycles. The van der Waals surface area contributed by atoms with E-state index in [9.17, 15) is 10.1 Å². The van der Waals surface area contributed by atoms with Crippen LogP contribution >= 0.6 is 0 Å². The van der Waals surface area contributed by atoms with E-state index in [0.29, 0.717) is 12.6 Å². The summed E-state index contributed by atoms with van der Waals surface area (Å²) in [5.74, 6) is 0.719. The van der Waals surface area contributed by atoms with Gasteiger partial charge in [0.15, 0.2) is 0 Å². The lowest BCUT2D eigenvalue weighted by atomic mass is 9.84. The number of hydrogen-bond acceptors (Lipinski definition) is 3. The molecule has 1 unspecified atom stereocenters. The lowest BCUT2D eigenvalue weighted by molar-refractivity contribution is -0.385. The largest absolute Gasteiger partial charge is 0.310 e. The normalized spacial score (nSPS) is 18.2. The van der Waals surface area contributed by atoms with E-state index in [2.05, 4.69) is 12.2 Å².